The highest BCUT2D eigenvalue weighted by atomic mass is 32.1. The van der Waals surface area contributed by atoms with Gasteiger partial charge in [-0.25, -0.2) is 9.37 Å². The molecule has 6 nitrogen and oxygen atoms in total. The highest BCUT2D eigenvalue weighted by Gasteiger charge is 2.30. The molecule has 152 valence electrons. The third-order valence-electron chi connectivity index (χ3n) is 5.86. The predicted molar refractivity (Wildman–Crippen MR) is 111 cm³/mol. The number of nitrogens with one attached hydrogen (secondary N) is 2. The molecule has 3 N–H and O–H groups in total. The van der Waals surface area contributed by atoms with Gasteiger partial charge in [0.1, 0.15) is 11.5 Å². The van der Waals surface area contributed by atoms with Crippen molar-refractivity contribution in [3.8, 4) is 0 Å². The van der Waals surface area contributed by atoms with E-state index in [1.807, 2.05) is 17.9 Å². The molecule has 1 aliphatic carbocycles. The number of anilines is 1. The van der Waals surface area contributed by atoms with E-state index in [1.54, 1.807) is 11.3 Å². The topological polar surface area (TPSA) is 81.2 Å². The molecule has 1 aromatic carbocycles. The summed E-state index contributed by atoms with van der Waals surface area (Å²) in [6.45, 7) is 3.13. The van der Waals surface area contributed by atoms with E-state index in [4.69, 9.17) is 0 Å². The third kappa shape index (κ3) is 3.40. The fourth-order valence-electron chi connectivity index (χ4n) is 4.16. The number of benzene rings is 1. The zero-order valence-electron chi connectivity index (χ0n) is 16.2. The Morgan fingerprint density at radius 3 is 3.00 bits per heavy atom. The van der Waals surface area contributed by atoms with Crippen LogP contribution in [0, 0.1) is 5.82 Å². The number of aliphatic hydroxyl groups is 1. The zero-order chi connectivity index (χ0) is 20.1. The van der Waals surface area contributed by atoms with E-state index >= 15 is 0 Å². The van der Waals surface area contributed by atoms with Crippen LogP contribution in [0.5, 0.6) is 0 Å². The number of hydrogen-bond donors (Lipinski definition) is 3. The Bertz CT molecular complexity index is 1090. The Labute approximate surface area is 171 Å². The van der Waals surface area contributed by atoms with Gasteiger partial charge in [-0.05, 0) is 43.0 Å². The van der Waals surface area contributed by atoms with Crippen molar-refractivity contribution in [3.63, 3.8) is 0 Å². The van der Waals surface area contributed by atoms with Crippen LogP contribution < -0.4 is 5.32 Å². The minimum Gasteiger partial charge on any atom is -0.393 e. The summed E-state index contributed by atoms with van der Waals surface area (Å²) in [5.74, 6) is -0.360. The van der Waals surface area contributed by atoms with E-state index in [0.717, 1.165) is 45.9 Å². The van der Waals surface area contributed by atoms with Crippen molar-refractivity contribution in [2.45, 2.75) is 51.3 Å². The maximum atomic E-state index is 13.8. The number of aliphatic hydroxyl groups excluding tert-OH is 1. The van der Waals surface area contributed by atoms with Crippen LogP contribution in [-0.2, 0) is 19.4 Å². The number of amides is 1. The summed E-state index contributed by atoms with van der Waals surface area (Å²) in [6, 6.07) is 5.10. The molecule has 1 fully saturated rings. The maximum absolute atomic E-state index is 13.8. The molecule has 2 aromatic heterocycles. The second-order valence-electron chi connectivity index (χ2n) is 7.89. The molecule has 29 heavy (non-hydrogen) atoms. The van der Waals surface area contributed by atoms with Gasteiger partial charge in [0.2, 0.25) is 0 Å². The number of fused-ring (bicyclic) bond motifs is 2. The average Bonchev–Trinajstić information content (AvgIpc) is 3.28. The van der Waals surface area contributed by atoms with Crippen LogP contribution in [0.15, 0.2) is 18.2 Å². The fourth-order valence-corrected chi connectivity index (χ4v) is 5.26. The molecule has 1 amide bonds. The summed E-state index contributed by atoms with van der Waals surface area (Å²) in [4.78, 5) is 23.8. The lowest BCUT2D eigenvalue weighted by Crippen LogP contribution is -2.38. The zero-order valence-corrected chi connectivity index (χ0v) is 17.0. The number of carbonyl (C=O) groups excluding carboxylic acids is 1. The molecule has 0 spiro atoms. The van der Waals surface area contributed by atoms with Gasteiger partial charge in [-0.1, -0.05) is 18.3 Å². The van der Waals surface area contributed by atoms with Crippen molar-refractivity contribution >= 4 is 33.3 Å². The summed E-state index contributed by atoms with van der Waals surface area (Å²) in [6.07, 6.45) is 2.75. The third-order valence-corrected chi connectivity index (χ3v) is 6.87. The summed E-state index contributed by atoms with van der Waals surface area (Å²) < 4.78 is 13.8. The van der Waals surface area contributed by atoms with Gasteiger partial charge >= 0.3 is 0 Å². The molecular weight excluding hydrogens is 391 g/mol. The maximum Gasteiger partial charge on any atom is 0.270 e. The van der Waals surface area contributed by atoms with Crippen LogP contribution in [0.3, 0.4) is 0 Å². The summed E-state index contributed by atoms with van der Waals surface area (Å²) in [5.41, 5.74) is 3.11. The highest BCUT2D eigenvalue weighted by Crippen LogP contribution is 2.32. The molecule has 1 aliphatic heterocycles. The molecule has 8 heteroatoms. The number of rotatable bonds is 4. The number of hydrogen-bond acceptors (Lipinski definition) is 5. The smallest absolute Gasteiger partial charge is 0.270 e. The van der Waals surface area contributed by atoms with Crippen LogP contribution in [0.4, 0.5) is 9.52 Å². The van der Waals surface area contributed by atoms with Crippen LogP contribution in [-0.4, -0.2) is 44.6 Å². The first-order valence-corrected chi connectivity index (χ1v) is 10.9. The van der Waals surface area contributed by atoms with Gasteiger partial charge < -0.3 is 20.3 Å². The Kier molecular flexibility index (Phi) is 4.55. The summed E-state index contributed by atoms with van der Waals surface area (Å²) in [5, 5.41) is 14.6. The van der Waals surface area contributed by atoms with Crippen LogP contribution in [0.25, 0.3) is 10.9 Å². The SMILES string of the molecule is CCc1cc(F)cc2[nH]c(C(=O)N3CCc4nc(NC5CC(O)C5)sc4C3)cc12. The van der Waals surface area contributed by atoms with Gasteiger partial charge in [0.25, 0.3) is 5.91 Å². The van der Waals surface area contributed by atoms with E-state index in [2.05, 4.69) is 15.3 Å². The summed E-state index contributed by atoms with van der Waals surface area (Å²) in [7, 11) is 0. The van der Waals surface area contributed by atoms with E-state index < -0.39 is 0 Å². The second-order valence-corrected chi connectivity index (χ2v) is 8.98. The van der Waals surface area contributed by atoms with Gasteiger partial charge in [-0.15, -0.1) is 0 Å². The van der Waals surface area contributed by atoms with Crippen molar-refractivity contribution in [2.24, 2.45) is 0 Å². The normalized spacial score (nSPS) is 21.1. The Morgan fingerprint density at radius 2 is 2.24 bits per heavy atom. The van der Waals surface area contributed by atoms with Crippen molar-refractivity contribution < 1.29 is 14.3 Å². The fraction of sp³-hybridized carbons (Fsp3) is 0.429. The van der Waals surface area contributed by atoms with Gasteiger partial charge in [-0.2, -0.15) is 0 Å². The van der Waals surface area contributed by atoms with E-state index in [9.17, 15) is 14.3 Å². The number of carbonyl (C=O) groups is 1. The molecular formula is C21H23FN4O2S. The molecule has 0 saturated heterocycles. The number of aryl methyl sites for hydroxylation is 1. The second kappa shape index (κ2) is 7.11. The molecule has 2 aliphatic rings. The Hall–Kier alpha value is -2.45. The lowest BCUT2D eigenvalue weighted by molar-refractivity contribution is 0.0731. The lowest BCUT2D eigenvalue weighted by Gasteiger charge is -2.31. The highest BCUT2D eigenvalue weighted by molar-refractivity contribution is 7.15. The molecule has 3 aromatic rings. The molecule has 3 heterocycles. The number of aromatic amines is 1. The molecule has 1 saturated carbocycles. The number of halogens is 1. The van der Waals surface area contributed by atoms with Crippen molar-refractivity contribution in [1.29, 1.82) is 0 Å². The van der Waals surface area contributed by atoms with Crippen LogP contribution in [0.2, 0.25) is 0 Å². The van der Waals surface area contributed by atoms with E-state index in [1.165, 1.54) is 12.1 Å². The van der Waals surface area contributed by atoms with Crippen molar-refractivity contribution in [2.75, 3.05) is 11.9 Å². The van der Waals surface area contributed by atoms with Crippen LogP contribution >= 0.6 is 11.3 Å². The van der Waals surface area contributed by atoms with E-state index in [-0.39, 0.29) is 23.9 Å². The molecule has 0 unspecified atom stereocenters. The Morgan fingerprint density at radius 1 is 1.41 bits per heavy atom. The first-order chi connectivity index (χ1) is 14.0. The largest absolute Gasteiger partial charge is 0.393 e. The minimum absolute atomic E-state index is 0.0701. The van der Waals surface area contributed by atoms with E-state index in [0.29, 0.717) is 30.7 Å². The van der Waals surface area contributed by atoms with Crippen molar-refractivity contribution in [3.05, 3.63) is 45.8 Å². The lowest BCUT2D eigenvalue weighted by atomic mass is 9.90. The molecule has 0 atom stereocenters. The summed E-state index contributed by atoms with van der Waals surface area (Å²) >= 11 is 1.59. The van der Waals surface area contributed by atoms with Gasteiger partial charge in [0.15, 0.2) is 5.13 Å². The Balaban J connectivity index is 1.34. The molecule has 5 rings (SSSR count). The van der Waals surface area contributed by atoms with Gasteiger partial charge in [0.05, 0.1) is 18.3 Å². The van der Waals surface area contributed by atoms with Gasteiger partial charge in [0, 0.05) is 34.8 Å². The number of thiazole rings is 1. The number of nitrogens with zero attached hydrogens (tertiary/aromatic N) is 2. The number of aromatic nitrogens is 2. The van der Waals surface area contributed by atoms with Crippen molar-refractivity contribution in [1.82, 2.24) is 14.9 Å². The van der Waals surface area contributed by atoms with Crippen LogP contribution in [0.1, 0.15) is 46.4 Å². The average molecular weight is 415 g/mol. The quantitative estimate of drug-likeness (QED) is 0.611. The monoisotopic (exact) mass is 414 g/mol. The predicted octanol–water partition coefficient (Wildman–Crippen LogP) is 3.46. The minimum atomic E-state index is -0.290. The standard InChI is InChI=1S/C21H23FN4O2S/c1-2-11-5-12(22)6-17-15(11)9-18(24-17)20(28)26-4-3-16-19(10-26)29-21(25-16)23-13-7-14(27)8-13/h5-6,9,13-14,24,27H,2-4,7-8,10H2,1H3,(H,23,25). The first kappa shape index (κ1) is 18.6. The molecule has 0 bridgehead atoms. The van der Waals surface area contributed by atoms with Gasteiger partial charge in [-0.3, -0.25) is 4.79 Å². The first-order valence-electron chi connectivity index (χ1n) is 10.0. The number of H-pyrrole nitrogens is 1. The molecule has 0 radical (unpaired) electrons.